The molecule has 0 aliphatic heterocycles. The molecule has 0 radical (unpaired) electrons. The van der Waals surface area contributed by atoms with Crippen LogP contribution in [0, 0.1) is 11.8 Å². The van der Waals surface area contributed by atoms with Crippen molar-refractivity contribution in [2.45, 2.75) is 83.3 Å². The monoisotopic (exact) mass is 366 g/mol. The minimum Gasteiger partial charge on any atom is -0.481 e. The zero-order valence-electron chi connectivity index (χ0n) is 15.8. The average molecular weight is 366 g/mol. The van der Waals surface area contributed by atoms with Gasteiger partial charge in [0.2, 0.25) is 0 Å². The Morgan fingerprint density at radius 2 is 1.96 bits per heavy atom. The van der Waals surface area contributed by atoms with Gasteiger partial charge in [0.15, 0.2) is 0 Å². The van der Waals surface area contributed by atoms with Gasteiger partial charge in [-0.05, 0) is 25.7 Å². The van der Waals surface area contributed by atoms with Crippen molar-refractivity contribution in [2.75, 3.05) is 0 Å². The van der Waals surface area contributed by atoms with Crippen LogP contribution in [0.1, 0.15) is 71.1 Å². The number of allylic oxidation sites excluding steroid dienone is 1. The second kappa shape index (κ2) is 12.8. The Kier molecular flexibility index (Phi) is 11.1. The summed E-state index contributed by atoms with van der Waals surface area (Å²) in [5.74, 6) is -0.987. The number of aliphatic carboxylic acids is 1. The quantitative estimate of drug-likeness (QED) is 0.342. The number of aliphatic hydroxyl groups is 2. The summed E-state index contributed by atoms with van der Waals surface area (Å²) in [5.41, 5.74) is 0. The summed E-state index contributed by atoms with van der Waals surface area (Å²) in [5, 5.41) is 28.7. The van der Waals surface area contributed by atoms with E-state index in [1.165, 1.54) is 0 Å². The predicted molar refractivity (Wildman–Crippen MR) is 102 cm³/mol. The molecule has 1 fully saturated rings. The van der Waals surface area contributed by atoms with Gasteiger partial charge >= 0.3 is 5.97 Å². The van der Waals surface area contributed by atoms with Gasteiger partial charge in [0.05, 0.1) is 12.2 Å². The Labute approximate surface area is 156 Å². The van der Waals surface area contributed by atoms with E-state index in [0.717, 1.165) is 38.5 Å². The first-order chi connectivity index (χ1) is 12.5. The van der Waals surface area contributed by atoms with Crippen molar-refractivity contribution in [1.82, 2.24) is 0 Å². The molecule has 5 heteroatoms. The van der Waals surface area contributed by atoms with Gasteiger partial charge in [-0.1, -0.05) is 56.9 Å². The third kappa shape index (κ3) is 8.77. The molecule has 3 N–H and O–H groups in total. The van der Waals surface area contributed by atoms with Crippen LogP contribution >= 0.6 is 0 Å². The Hall–Kier alpha value is -1.46. The molecule has 0 heterocycles. The fraction of sp³-hybridized carbons (Fsp3) is 0.714. The minimum atomic E-state index is -0.768. The standard InChI is InChI=1S/C21H34O5/c1-2-3-6-10-16(22)11-9-13-18-17(19(23)15-20(18)24)12-7-4-5-8-14-21(25)26/h6,9-10,13,16-18,20,22,24H,2-5,7-8,11-12,14-15H2,1H3,(H,25,26)/b10-6+,13-9+/t16-,17-,18-,20-/m1/s1. The molecule has 1 rings (SSSR count). The highest BCUT2D eigenvalue weighted by Crippen LogP contribution is 2.34. The summed E-state index contributed by atoms with van der Waals surface area (Å²) in [6.45, 7) is 2.08. The maximum atomic E-state index is 12.1. The van der Waals surface area contributed by atoms with Crippen LogP contribution < -0.4 is 0 Å². The molecule has 26 heavy (non-hydrogen) atoms. The van der Waals surface area contributed by atoms with E-state index in [1.54, 1.807) is 6.08 Å². The fourth-order valence-electron chi connectivity index (χ4n) is 3.46. The maximum Gasteiger partial charge on any atom is 0.303 e. The van der Waals surface area contributed by atoms with Crippen molar-refractivity contribution in [3.05, 3.63) is 24.3 Å². The number of Topliss-reactive ketones (excluding diaryl/α,β-unsaturated/α-hetero) is 1. The summed E-state index contributed by atoms with van der Waals surface area (Å²) < 4.78 is 0. The van der Waals surface area contributed by atoms with E-state index in [1.807, 2.05) is 18.2 Å². The van der Waals surface area contributed by atoms with Crippen molar-refractivity contribution in [1.29, 1.82) is 0 Å². The van der Waals surface area contributed by atoms with E-state index in [2.05, 4.69) is 6.92 Å². The van der Waals surface area contributed by atoms with Gasteiger partial charge in [0.25, 0.3) is 0 Å². The molecule has 0 saturated heterocycles. The molecule has 0 aromatic carbocycles. The van der Waals surface area contributed by atoms with E-state index in [0.29, 0.717) is 12.8 Å². The molecule has 1 aliphatic carbocycles. The molecule has 1 aliphatic rings. The molecular formula is C21H34O5. The van der Waals surface area contributed by atoms with Crippen LogP contribution in [0.3, 0.4) is 0 Å². The SMILES string of the molecule is CCC/C=C/[C@@H](O)C/C=C/[C@H]1[C@H](O)CC(=O)[C@@H]1CCCCCCC(=O)O. The molecule has 0 aromatic heterocycles. The molecule has 0 unspecified atom stereocenters. The van der Waals surface area contributed by atoms with E-state index >= 15 is 0 Å². The molecule has 0 spiro atoms. The predicted octanol–water partition coefficient (Wildman–Crippen LogP) is 3.64. The lowest BCUT2D eigenvalue weighted by atomic mass is 9.88. The highest BCUT2D eigenvalue weighted by Gasteiger charge is 2.39. The topological polar surface area (TPSA) is 94.8 Å². The summed E-state index contributed by atoms with van der Waals surface area (Å²) in [7, 11) is 0. The molecular weight excluding hydrogens is 332 g/mol. The van der Waals surface area contributed by atoms with Gasteiger partial charge in [-0.25, -0.2) is 0 Å². The number of hydrogen-bond acceptors (Lipinski definition) is 4. The fourth-order valence-corrected chi connectivity index (χ4v) is 3.46. The number of rotatable bonds is 13. The molecule has 148 valence electrons. The Balaban J connectivity index is 2.40. The zero-order valence-corrected chi connectivity index (χ0v) is 15.8. The third-order valence-corrected chi connectivity index (χ3v) is 4.94. The van der Waals surface area contributed by atoms with Crippen molar-refractivity contribution in [2.24, 2.45) is 11.8 Å². The van der Waals surface area contributed by atoms with Crippen molar-refractivity contribution in [3.8, 4) is 0 Å². The zero-order chi connectivity index (χ0) is 19.4. The summed E-state index contributed by atoms with van der Waals surface area (Å²) in [6.07, 6.45) is 13.3. The normalized spacial score (nSPS) is 24.7. The Morgan fingerprint density at radius 1 is 1.23 bits per heavy atom. The van der Waals surface area contributed by atoms with Gasteiger partial charge in [0, 0.05) is 24.7 Å². The first kappa shape index (κ1) is 22.6. The average Bonchev–Trinajstić information content (AvgIpc) is 2.84. The van der Waals surface area contributed by atoms with Crippen molar-refractivity contribution in [3.63, 3.8) is 0 Å². The third-order valence-electron chi connectivity index (χ3n) is 4.94. The summed E-state index contributed by atoms with van der Waals surface area (Å²) in [4.78, 5) is 22.6. The van der Waals surface area contributed by atoms with Crippen molar-refractivity contribution >= 4 is 11.8 Å². The Morgan fingerprint density at radius 3 is 2.65 bits per heavy atom. The molecule has 5 nitrogen and oxygen atoms in total. The van der Waals surface area contributed by atoms with Crippen LogP contribution in [0.15, 0.2) is 24.3 Å². The second-order valence-corrected chi connectivity index (χ2v) is 7.22. The molecule has 0 aromatic rings. The number of carbonyl (C=O) groups is 2. The van der Waals surface area contributed by atoms with Crippen LogP contribution in [0.25, 0.3) is 0 Å². The minimum absolute atomic E-state index is 0.112. The van der Waals surface area contributed by atoms with Gasteiger partial charge < -0.3 is 15.3 Å². The maximum absolute atomic E-state index is 12.1. The molecule has 1 saturated carbocycles. The van der Waals surface area contributed by atoms with Gasteiger partial charge in [0.1, 0.15) is 5.78 Å². The molecule has 4 atom stereocenters. The smallest absolute Gasteiger partial charge is 0.303 e. The molecule has 0 bridgehead atoms. The first-order valence-electron chi connectivity index (χ1n) is 9.89. The van der Waals surface area contributed by atoms with Gasteiger partial charge in [-0.15, -0.1) is 0 Å². The van der Waals surface area contributed by atoms with E-state index in [9.17, 15) is 19.8 Å². The highest BCUT2D eigenvalue weighted by molar-refractivity contribution is 5.84. The van der Waals surface area contributed by atoms with Crippen LogP contribution in [0.4, 0.5) is 0 Å². The van der Waals surface area contributed by atoms with Gasteiger partial charge in [-0.2, -0.15) is 0 Å². The van der Waals surface area contributed by atoms with Crippen LogP contribution in [-0.2, 0) is 9.59 Å². The van der Waals surface area contributed by atoms with Crippen LogP contribution in [0.2, 0.25) is 0 Å². The number of aliphatic hydroxyl groups excluding tert-OH is 2. The lowest BCUT2D eigenvalue weighted by Gasteiger charge is -2.17. The van der Waals surface area contributed by atoms with E-state index in [4.69, 9.17) is 5.11 Å². The number of hydrogen-bond donors (Lipinski definition) is 3. The number of carboxylic acid groups (broad SMARTS) is 1. The number of carboxylic acids is 1. The number of unbranched alkanes of at least 4 members (excludes halogenated alkanes) is 4. The summed E-state index contributed by atoms with van der Waals surface area (Å²) >= 11 is 0. The van der Waals surface area contributed by atoms with Gasteiger partial charge in [-0.3, -0.25) is 9.59 Å². The Bertz CT molecular complexity index is 483. The lowest BCUT2D eigenvalue weighted by Crippen LogP contribution is -2.18. The largest absolute Gasteiger partial charge is 0.481 e. The number of ketones is 1. The van der Waals surface area contributed by atoms with Crippen molar-refractivity contribution < 1.29 is 24.9 Å². The summed E-state index contributed by atoms with van der Waals surface area (Å²) in [6, 6.07) is 0. The molecule has 0 amide bonds. The van der Waals surface area contributed by atoms with E-state index in [-0.39, 0.29) is 30.5 Å². The lowest BCUT2D eigenvalue weighted by molar-refractivity contribution is -0.137. The highest BCUT2D eigenvalue weighted by atomic mass is 16.4. The first-order valence-corrected chi connectivity index (χ1v) is 9.89. The van der Waals surface area contributed by atoms with Crippen LogP contribution in [0.5, 0.6) is 0 Å². The number of carbonyl (C=O) groups excluding carboxylic acids is 1. The van der Waals surface area contributed by atoms with Crippen LogP contribution in [-0.4, -0.2) is 39.3 Å². The second-order valence-electron chi connectivity index (χ2n) is 7.22. The van der Waals surface area contributed by atoms with E-state index < -0.39 is 18.2 Å².